The van der Waals surface area contributed by atoms with Crippen LogP contribution in [0.4, 0.5) is 0 Å². The molecule has 192 valence electrons. The summed E-state index contributed by atoms with van der Waals surface area (Å²) < 4.78 is 0. The van der Waals surface area contributed by atoms with Crippen LogP contribution in [0.1, 0.15) is 49.4 Å². The molecule has 3 fully saturated rings. The minimum atomic E-state index is -0.516. The Hall–Kier alpha value is -2.63. The van der Waals surface area contributed by atoms with Gasteiger partial charge in [-0.25, -0.2) is 5.01 Å². The van der Waals surface area contributed by atoms with Crippen LogP contribution in [0.2, 0.25) is 0 Å². The number of likely N-dealkylation sites (tertiary alicyclic amines) is 1. The molecule has 2 aromatic heterocycles. The van der Waals surface area contributed by atoms with Gasteiger partial charge < -0.3 is 15.3 Å². The first-order valence-electron chi connectivity index (χ1n) is 13.7. The van der Waals surface area contributed by atoms with Crippen molar-refractivity contribution in [2.45, 2.75) is 49.3 Å². The number of rotatable bonds is 6. The van der Waals surface area contributed by atoms with Crippen molar-refractivity contribution in [3.63, 3.8) is 0 Å². The lowest BCUT2D eigenvalue weighted by atomic mass is 9.69. The molecule has 10 heteroatoms. The summed E-state index contributed by atoms with van der Waals surface area (Å²) in [5.74, 6) is 0.229. The van der Waals surface area contributed by atoms with E-state index in [-0.39, 0.29) is 5.92 Å². The third-order valence-corrected chi connectivity index (χ3v) is 8.88. The first-order chi connectivity index (χ1) is 17.9. The molecular formula is C26H38N10. The molecule has 10 nitrogen and oxygen atoms in total. The largest absolute Gasteiger partial charge is 0.362 e. The third kappa shape index (κ3) is 3.05. The zero-order chi connectivity index (χ0) is 24.0. The monoisotopic (exact) mass is 490 g/mol. The van der Waals surface area contributed by atoms with Gasteiger partial charge in [-0.15, -0.1) is 0 Å². The maximum absolute atomic E-state index is 4.46. The predicted molar refractivity (Wildman–Crippen MR) is 137 cm³/mol. The maximum Gasteiger partial charge on any atom is 0.183 e. The second-order valence-corrected chi connectivity index (χ2v) is 10.5. The molecule has 0 aromatic carbocycles. The second kappa shape index (κ2) is 9.04. The molecule has 0 saturated carbocycles. The zero-order valence-electron chi connectivity index (χ0n) is 20.9. The molecule has 0 radical (unpaired) electrons. The van der Waals surface area contributed by atoms with Crippen molar-refractivity contribution in [1.29, 1.82) is 0 Å². The molecule has 2 aromatic rings. The molecule has 5 aliphatic rings. The van der Waals surface area contributed by atoms with Gasteiger partial charge in [-0.1, -0.05) is 6.08 Å². The summed E-state index contributed by atoms with van der Waals surface area (Å²) in [5.41, 5.74) is 9.01. The zero-order valence-corrected chi connectivity index (χ0v) is 20.9. The van der Waals surface area contributed by atoms with Crippen molar-refractivity contribution in [1.82, 2.24) is 51.0 Å². The lowest BCUT2D eigenvalue weighted by molar-refractivity contribution is -0.312. The predicted octanol–water partition coefficient (Wildman–Crippen LogP) is 1.85. The van der Waals surface area contributed by atoms with E-state index < -0.39 is 11.3 Å². The average Bonchev–Trinajstić information content (AvgIpc) is 3.79. The fraction of sp³-hybridized carbons (Fsp3) is 0.577. The van der Waals surface area contributed by atoms with E-state index in [9.17, 15) is 0 Å². The van der Waals surface area contributed by atoms with Gasteiger partial charge in [-0.2, -0.15) is 15.2 Å². The van der Waals surface area contributed by atoms with Crippen LogP contribution in [-0.4, -0.2) is 91.6 Å². The third-order valence-electron chi connectivity index (χ3n) is 8.88. The van der Waals surface area contributed by atoms with Crippen molar-refractivity contribution >= 4 is 0 Å². The number of hydrogen-bond acceptors (Lipinski definition) is 8. The van der Waals surface area contributed by atoms with Crippen molar-refractivity contribution in [3.05, 3.63) is 66.5 Å². The molecule has 4 N–H and O–H groups in total. The smallest absolute Gasteiger partial charge is 0.183 e. The van der Waals surface area contributed by atoms with E-state index in [0.29, 0.717) is 0 Å². The van der Waals surface area contributed by atoms with E-state index in [2.05, 4.69) is 99.9 Å². The highest BCUT2D eigenvalue weighted by Crippen LogP contribution is 2.58. The van der Waals surface area contributed by atoms with Crippen LogP contribution in [0.5, 0.6) is 0 Å². The van der Waals surface area contributed by atoms with Gasteiger partial charge in [0.05, 0.1) is 12.2 Å². The topological polar surface area (TPSA) is 84.7 Å². The van der Waals surface area contributed by atoms with Gasteiger partial charge in [-0.3, -0.25) is 15.4 Å². The summed E-state index contributed by atoms with van der Waals surface area (Å²) in [5, 5.41) is 15.5. The fourth-order valence-electron chi connectivity index (χ4n) is 7.71. The van der Waals surface area contributed by atoms with Crippen molar-refractivity contribution < 1.29 is 0 Å². The number of nitrogens with zero attached hydrogens (tertiary/aromatic N) is 6. The Morgan fingerprint density at radius 1 is 1.00 bits per heavy atom. The van der Waals surface area contributed by atoms with Crippen LogP contribution in [-0.2, 0) is 5.66 Å². The molecule has 0 bridgehead atoms. The van der Waals surface area contributed by atoms with Gasteiger partial charge in [0.15, 0.2) is 5.66 Å². The molecule has 0 amide bonds. The summed E-state index contributed by atoms with van der Waals surface area (Å²) in [7, 11) is 0. The van der Waals surface area contributed by atoms with E-state index in [0.717, 1.165) is 65.1 Å². The van der Waals surface area contributed by atoms with Gasteiger partial charge in [0.25, 0.3) is 0 Å². The molecule has 0 spiro atoms. The molecule has 7 heterocycles. The first kappa shape index (κ1) is 22.6. The van der Waals surface area contributed by atoms with E-state index in [1.165, 1.54) is 24.2 Å². The first-order valence-corrected chi connectivity index (χ1v) is 13.7. The van der Waals surface area contributed by atoms with Gasteiger partial charge in [-0.05, 0) is 62.6 Å². The Bertz CT molecular complexity index is 1040. The standard InChI is InChI=1S/C26H38N10/c1-2-16-32(15-1)25(34-19-6-12-29-34)22(23-9-14-28-31-23)10-21-35(36-20-7-13-30-36)26(25,24-8-5-11-27-24)33-17-3-4-18-33/h3,5,7-9,11,13-14,17,22,27,29-30H,1-2,4,6,10,12,15-16,18-21H2,(H,28,31). The summed E-state index contributed by atoms with van der Waals surface area (Å²) >= 11 is 0. The second-order valence-electron chi connectivity index (χ2n) is 10.5. The molecule has 36 heavy (non-hydrogen) atoms. The van der Waals surface area contributed by atoms with E-state index in [1.807, 2.05) is 6.20 Å². The molecule has 5 aliphatic heterocycles. The van der Waals surface area contributed by atoms with Crippen LogP contribution in [0.3, 0.4) is 0 Å². The summed E-state index contributed by atoms with van der Waals surface area (Å²) in [4.78, 5) is 9.18. The maximum atomic E-state index is 4.46. The number of nitrogens with one attached hydrogen (secondary N) is 4. The van der Waals surface area contributed by atoms with Crippen LogP contribution in [0, 0.1) is 0 Å². The van der Waals surface area contributed by atoms with Crippen molar-refractivity contribution in [3.8, 4) is 0 Å². The van der Waals surface area contributed by atoms with Crippen molar-refractivity contribution in [2.24, 2.45) is 0 Å². The highest BCUT2D eigenvalue weighted by atomic mass is 15.9. The van der Waals surface area contributed by atoms with Gasteiger partial charge in [0.2, 0.25) is 0 Å². The quantitative estimate of drug-likeness (QED) is 0.488. The fourth-order valence-corrected chi connectivity index (χ4v) is 7.71. The molecule has 3 unspecified atom stereocenters. The normalized spacial score (nSPS) is 34.3. The Kier molecular flexibility index (Phi) is 5.66. The van der Waals surface area contributed by atoms with Crippen LogP contribution < -0.4 is 10.9 Å². The average molecular weight is 491 g/mol. The molecular weight excluding hydrogens is 452 g/mol. The van der Waals surface area contributed by atoms with Crippen LogP contribution in [0.15, 0.2) is 55.1 Å². The van der Waals surface area contributed by atoms with E-state index in [1.54, 1.807) is 0 Å². The number of hydrogen-bond donors (Lipinski definition) is 4. The molecule has 7 rings (SSSR count). The highest BCUT2D eigenvalue weighted by molar-refractivity contribution is 5.34. The van der Waals surface area contributed by atoms with E-state index in [4.69, 9.17) is 0 Å². The number of aromatic nitrogens is 3. The minimum absolute atomic E-state index is 0.229. The molecule has 0 aliphatic carbocycles. The SMILES string of the molecule is C1=CN(C2(c3ccc[nH]3)N(N3CC=CN3)CCC(c3ccn[nH]3)C2(N2CCCC2)N2CCCN2)CC1. The Balaban J connectivity index is 1.55. The number of piperidine rings is 1. The van der Waals surface area contributed by atoms with Crippen LogP contribution in [0.25, 0.3) is 0 Å². The van der Waals surface area contributed by atoms with Crippen molar-refractivity contribution in [2.75, 3.05) is 45.8 Å². The Morgan fingerprint density at radius 3 is 2.61 bits per heavy atom. The summed E-state index contributed by atoms with van der Waals surface area (Å²) in [6.45, 7) is 6.94. The minimum Gasteiger partial charge on any atom is -0.362 e. The Morgan fingerprint density at radius 2 is 1.94 bits per heavy atom. The van der Waals surface area contributed by atoms with Gasteiger partial charge in [0, 0.05) is 69.5 Å². The number of aromatic amines is 2. The lowest BCUT2D eigenvalue weighted by Crippen LogP contribution is -2.86. The lowest BCUT2D eigenvalue weighted by Gasteiger charge is -2.69. The molecule has 3 saturated heterocycles. The number of H-pyrrole nitrogens is 2. The van der Waals surface area contributed by atoms with Crippen LogP contribution >= 0.6 is 0 Å². The highest BCUT2D eigenvalue weighted by Gasteiger charge is 2.72. The number of hydrazine groups is 3. The molecule has 3 atom stereocenters. The van der Waals surface area contributed by atoms with Gasteiger partial charge in [0.1, 0.15) is 5.66 Å². The summed E-state index contributed by atoms with van der Waals surface area (Å²) in [6, 6.07) is 6.67. The van der Waals surface area contributed by atoms with Gasteiger partial charge >= 0.3 is 0 Å². The summed E-state index contributed by atoms with van der Waals surface area (Å²) in [6.07, 6.45) is 18.7. The Labute approximate surface area is 212 Å². The van der Waals surface area contributed by atoms with E-state index >= 15 is 0 Å².